The molecular weight excluding hydrogens is 246 g/mol. The van der Waals surface area contributed by atoms with Crippen LogP contribution in [0.1, 0.15) is 16.9 Å². The number of hydrogen-bond donors (Lipinski definition) is 0. The molecule has 1 aliphatic heterocycles. The first-order chi connectivity index (χ1) is 9.28. The highest BCUT2D eigenvalue weighted by Crippen LogP contribution is 2.33. The molecule has 19 heavy (non-hydrogen) atoms. The SMILES string of the molecule is COC(=O)c1ccc2cc3c(cc2n1)OCCCO3. The summed E-state index contributed by atoms with van der Waals surface area (Å²) in [4.78, 5) is 15.7. The third-order valence-corrected chi connectivity index (χ3v) is 2.95. The lowest BCUT2D eigenvalue weighted by Gasteiger charge is -2.09. The molecular formula is C14H13NO4. The van der Waals surface area contributed by atoms with E-state index in [1.165, 1.54) is 7.11 Å². The van der Waals surface area contributed by atoms with E-state index in [0.717, 1.165) is 17.6 Å². The summed E-state index contributed by atoms with van der Waals surface area (Å²) in [5, 5.41) is 0.900. The smallest absolute Gasteiger partial charge is 0.356 e. The molecule has 0 unspecified atom stereocenters. The number of methoxy groups -OCH3 is 1. The van der Waals surface area contributed by atoms with Crippen molar-refractivity contribution < 1.29 is 19.0 Å². The van der Waals surface area contributed by atoms with Crippen molar-refractivity contribution in [3.05, 3.63) is 30.0 Å². The van der Waals surface area contributed by atoms with Crippen LogP contribution in [-0.4, -0.2) is 31.3 Å². The van der Waals surface area contributed by atoms with Crippen molar-refractivity contribution in [1.82, 2.24) is 4.98 Å². The Morgan fingerprint density at radius 1 is 1.21 bits per heavy atom. The van der Waals surface area contributed by atoms with Gasteiger partial charge in [0.2, 0.25) is 0 Å². The fraction of sp³-hybridized carbons (Fsp3) is 0.286. The number of hydrogen-bond acceptors (Lipinski definition) is 5. The van der Waals surface area contributed by atoms with Gasteiger partial charge in [0, 0.05) is 17.9 Å². The van der Waals surface area contributed by atoms with E-state index < -0.39 is 5.97 Å². The van der Waals surface area contributed by atoms with E-state index in [1.807, 2.05) is 12.1 Å². The summed E-state index contributed by atoms with van der Waals surface area (Å²) in [5.41, 5.74) is 0.969. The zero-order valence-electron chi connectivity index (χ0n) is 10.5. The highest BCUT2D eigenvalue weighted by atomic mass is 16.5. The average Bonchev–Trinajstić information content (AvgIpc) is 2.68. The summed E-state index contributed by atoms with van der Waals surface area (Å²) in [5.74, 6) is 0.936. The van der Waals surface area contributed by atoms with Gasteiger partial charge in [-0.25, -0.2) is 9.78 Å². The van der Waals surface area contributed by atoms with Gasteiger partial charge in [-0.3, -0.25) is 0 Å². The summed E-state index contributed by atoms with van der Waals surface area (Å²) < 4.78 is 15.9. The van der Waals surface area contributed by atoms with Gasteiger partial charge in [0.25, 0.3) is 0 Å². The molecule has 0 amide bonds. The molecule has 0 N–H and O–H groups in total. The maximum absolute atomic E-state index is 11.5. The molecule has 1 aliphatic rings. The second-order valence-corrected chi connectivity index (χ2v) is 4.23. The van der Waals surface area contributed by atoms with Crippen LogP contribution in [0.4, 0.5) is 0 Å². The quantitative estimate of drug-likeness (QED) is 0.735. The van der Waals surface area contributed by atoms with E-state index in [1.54, 1.807) is 12.1 Å². The van der Waals surface area contributed by atoms with E-state index in [4.69, 9.17) is 9.47 Å². The largest absolute Gasteiger partial charge is 0.490 e. The summed E-state index contributed by atoms with van der Waals surface area (Å²) in [6, 6.07) is 7.13. The van der Waals surface area contributed by atoms with Crippen LogP contribution in [0.15, 0.2) is 24.3 Å². The van der Waals surface area contributed by atoms with Crippen LogP contribution in [0.2, 0.25) is 0 Å². The number of benzene rings is 1. The number of aromatic nitrogens is 1. The zero-order valence-corrected chi connectivity index (χ0v) is 10.5. The van der Waals surface area contributed by atoms with Crippen LogP contribution in [0, 0.1) is 0 Å². The van der Waals surface area contributed by atoms with E-state index >= 15 is 0 Å². The number of nitrogens with zero attached hydrogens (tertiary/aromatic N) is 1. The van der Waals surface area contributed by atoms with E-state index in [-0.39, 0.29) is 5.69 Å². The van der Waals surface area contributed by atoms with Gasteiger partial charge in [-0.15, -0.1) is 0 Å². The third kappa shape index (κ3) is 2.19. The molecule has 0 radical (unpaired) electrons. The molecule has 3 rings (SSSR count). The summed E-state index contributed by atoms with van der Waals surface area (Å²) in [6.07, 6.45) is 0.853. The zero-order chi connectivity index (χ0) is 13.2. The lowest BCUT2D eigenvalue weighted by atomic mass is 10.2. The molecule has 5 heteroatoms. The van der Waals surface area contributed by atoms with E-state index in [0.29, 0.717) is 24.5 Å². The summed E-state index contributed by atoms with van der Waals surface area (Å²) >= 11 is 0. The van der Waals surface area contributed by atoms with Crippen molar-refractivity contribution in [2.24, 2.45) is 0 Å². The molecule has 0 saturated heterocycles. The molecule has 2 aromatic rings. The highest BCUT2D eigenvalue weighted by Gasteiger charge is 2.14. The molecule has 1 aromatic carbocycles. The van der Waals surface area contributed by atoms with Crippen molar-refractivity contribution in [3.63, 3.8) is 0 Å². The number of rotatable bonds is 1. The second-order valence-electron chi connectivity index (χ2n) is 4.23. The first-order valence-electron chi connectivity index (χ1n) is 6.06. The molecule has 1 aromatic heterocycles. The topological polar surface area (TPSA) is 57.7 Å². The van der Waals surface area contributed by atoms with Gasteiger partial charge >= 0.3 is 5.97 Å². The predicted molar refractivity (Wildman–Crippen MR) is 68.7 cm³/mol. The first-order valence-corrected chi connectivity index (χ1v) is 6.06. The van der Waals surface area contributed by atoms with Gasteiger partial charge in [-0.1, -0.05) is 6.07 Å². The Hall–Kier alpha value is -2.30. The fourth-order valence-electron chi connectivity index (χ4n) is 2.00. The average molecular weight is 259 g/mol. The summed E-state index contributed by atoms with van der Waals surface area (Å²) in [6.45, 7) is 1.27. The molecule has 0 atom stereocenters. The van der Waals surface area contributed by atoms with Gasteiger partial charge in [0.1, 0.15) is 5.69 Å². The minimum absolute atomic E-state index is 0.282. The Balaban J connectivity index is 2.10. The maximum atomic E-state index is 11.5. The standard InChI is InChI=1S/C14H13NO4/c1-17-14(16)10-4-3-9-7-12-13(8-11(9)15-10)19-6-2-5-18-12/h3-4,7-8H,2,5-6H2,1H3. The van der Waals surface area contributed by atoms with Gasteiger partial charge in [0.05, 0.1) is 25.8 Å². The summed E-state index contributed by atoms with van der Waals surface area (Å²) in [7, 11) is 1.34. The monoisotopic (exact) mass is 259 g/mol. The van der Waals surface area contributed by atoms with E-state index in [2.05, 4.69) is 9.72 Å². The van der Waals surface area contributed by atoms with Gasteiger partial charge < -0.3 is 14.2 Å². The Bertz CT molecular complexity index is 639. The Morgan fingerprint density at radius 2 is 1.95 bits per heavy atom. The number of carbonyl (C=O) groups excluding carboxylic acids is 1. The van der Waals surface area contributed by atoms with Crippen LogP contribution in [0.25, 0.3) is 10.9 Å². The molecule has 0 saturated carbocycles. The third-order valence-electron chi connectivity index (χ3n) is 2.95. The number of ether oxygens (including phenoxy) is 3. The van der Waals surface area contributed by atoms with Gasteiger partial charge in [0.15, 0.2) is 11.5 Å². The lowest BCUT2D eigenvalue weighted by Crippen LogP contribution is -2.04. The number of esters is 1. The highest BCUT2D eigenvalue weighted by molar-refractivity contribution is 5.91. The Morgan fingerprint density at radius 3 is 2.68 bits per heavy atom. The van der Waals surface area contributed by atoms with Crippen molar-refractivity contribution in [2.75, 3.05) is 20.3 Å². The number of pyridine rings is 1. The molecule has 5 nitrogen and oxygen atoms in total. The maximum Gasteiger partial charge on any atom is 0.356 e. The second kappa shape index (κ2) is 4.76. The number of carbonyl (C=O) groups is 1. The first kappa shape index (κ1) is 11.8. The normalized spacial score (nSPS) is 13.9. The number of fused-ring (bicyclic) bond motifs is 2. The van der Waals surface area contributed by atoms with Gasteiger partial charge in [-0.2, -0.15) is 0 Å². The Labute approximate surface area is 110 Å². The molecule has 0 spiro atoms. The van der Waals surface area contributed by atoms with Gasteiger partial charge in [-0.05, 0) is 12.1 Å². The minimum Gasteiger partial charge on any atom is -0.490 e. The minimum atomic E-state index is -0.450. The van der Waals surface area contributed by atoms with Crippen LogP contribution in [0.3, 0.4) is 0 Å². The van der Waals surface area contributed by atoms with Crippen LogP contribution >= 0.6 is 0 Å². The van der Waals surface area contributed by atoms with Crippen LogP contribution < -0.4 is 9.47 Å². The van der Waals surface area contributed by atoms with Crippen molar-refractivity contribution in [2.45, 2.75) is 6.42 Å². The van der Waals surface area contributed by atoms with Crippen molar-refractivity contribution in [3.8, 4) is 11.5 Å². The molecule has 0 bridgehead atoms. The van der Waals surface area contributed by atoms with Crippen LogP contribution in [0.5, 0.6) is 11.5 Å². The fourth-order valence-corrected chi connectivity index (χ4v) is 2.00. The van der Waals surface area contributed by atoms with Crippen molar-refractivity contribution >= 4 is 16.9 Å². The van der Waals surface area contributed by atoms with E-state index in [9.17, 15) is 4.79 Å². The lowest BCUT2D eigenvalue weighted by molar-refractivity contribution is 0.0594. The molecule has 98 valence electrons. The van der Waals surface area contributed by atoms with Crippen LogP contribution in [-0.2, 0) is 4.74 Å². The molecule has 0 fully saturated rings. The molecule has 2 heterocycles. The Kier molecular flexibility index (Phi) is 2.95. The molecule has 0 aliphatic carbocycles. The van der Waals surface area contributed by atoms with Crippen molar-refractivity contribution in [1.29, 1.82) is 0 Å². The predicted octanol–water partition coefficient (Wildman–Crippen LogP) is 2.18.